The molecule has 1 fully saturated rings. The molecular weight excluding hydrogens is 369 g/mol. The maximum absolute atomic E-state index is 12.3. The van der Waals surface area contributed by atoms with Crippen molar-refractivity contribution in [2.45, 2.75) is 38.6 Å². The predicted molar refractivity (Wildman–Crippen MR) is 84.6 cm³/mol. The summed E-state index contributed by atoms with van der Waals surface area (Å²) < 4.78 is 0.986. The summed E-state index contributed by atoms with van der Waals surface area (Å²) in [4.78, 5) is 23.8. The highest BCUT2D eigenvalue weighted by Gasteiger charge is 2.43. The summed E-state index contributed by atoms with van der Waals surface area (Å²) >= 11 is 2.15. The minimum absolute atomic E-state index is 0.192. The number of hydrogen-bond donors (Lipinski definition) is 2. The number of carboxylic acid groups (broad SMARTS) is 1. The molecule has 0 saturated heterocycles. The summed E-state index contributed by atoms with van der Waals surface area (Å²) in [5.74, 6) is -1.02. The van der Waals surface area contributed by atoms with Gasteiger partial charge in [-0.05, 0) is 60.6 Å². The van der Waals surface area contributed by atoms with E-state index in [0.29, 0.717) is 12.0 Å². The topological polar surface area (TPSA) is 66.4 Å². The van der Waals surface area contributed by atoms with Gasteiger partial charge in [-0.25, -0.2) is 0 Å². The van der Waals surface area contributed by atoms with Crippen molar-refractivity contribution in [3.05, 3.63) is 33.4 Å². The van der Waals surface area contributed by atoms with Crippen molar-refractivity contribution >= 4 is 34.5 Å². The van der Waals surface area contributed by atoms with Crippen molar-refractivity contribution in [1.29, 1.82) is 0 Å². The van der Waals surface area contributed by atoms with Gasteiger partial charge < -0.3 is 10.4 Å². The fourth-order valence-electron chi connectivity index (χ4n) is 2.69. The van der Waals surface area contributed by atoms with Gasteiger partial charge in [0.25, 0.3) is 5.91 Å². The largest absolute Gasteiger partial charge is 0.481 e. The lowest BCUT2D eigenvalue weighted by Gasteiger charge is -2.38. The Morgan fingerprint density at radius 3 is 2.80 bits per heavy atom. The number of hydrogen-bond acceptors (Lipinski definition) is 2. The molecule has 0 radical (unpaired) electrons. The van der Waals surface area contributed by atoms with Crippen LogP contribution >= 0.6 is 22.6 Å². The fraction of sp³-hybridized carbons (Fsp3) is 0.467. The molecule has 1 aliphatic carbocycles. The van der Waals surface area contributed by atoms with Gasteiger partial charge in [0.15, 0.2) is 0 Å². The molecule has 5 heteroatoms. The highest BCUT2D eigenvalue weighted by atomic mass is 127. The summed E-state index contributed by atoms with van der Waals surface area (Å²) in [6, 6.07) is 6.99. The second-order valence-electron chi connectivity index (χ2n) is 5.50. The normalized spacial score (nSPS) is 26.0. The van der Waals surface area contributed by atoms with Crippen LogP contribution in [0.4, 0.5) is 0 Å². The molecule has 0 spiro atoms. The zero-order chi connectivity index (χ0) is 14.8. The van der Waals surface area contributed by atoms with Crippen molar-refractivity contribution in [1.82, 2.24) is 5.32 Å². The van der Waals surface area contributed by atoms with Crippen molar-refractivity contribution in [2.75, 3.05) is 0 Å². The van der Waals surface area contributed by atoms with E-state index in [1.54, 1.807) is 19.1 Å². The third-order valence-electron chi connectivity index (χ3n) is 4.09. The smallest absolute Gasteiger partial charge is 0.311 e. The number of carbonyl (C=O) groups excluding carboxylic acids is 1. The second-order valence-corrected chi connectivity index (χ2v) is 6.75. The van der Waals surface area contributed by atoms with E-state index in [2.05, 4.69) is 27.9 Å². The average Bonchev–Trinajstić information content (AvgIpc) is 2.41. The first kappa shape index (κ1) is 15.3. The van der Waals surface area contributed by atoms with Crippen LogP contribution in [-0.2, 0) is 4.79 Å². The van der Waals surface area contributed by atoms with Crippen LogP contribution < -0.4 is 5.32 Å². The summed E-state index contributed by atoms with van der Waals surface area (Å²) in [6.07, 6.45) is 3.19. The Balaban J connectivity index is 2.15. The zero-order valence-corrected chi connectivity index (χ0v) is 13.5. The molecule has 20 heavy (non-hydrogen) atoms. The number of carbonyl (C=O) groups is 2. The van der Waals surface area contributed by atoms with Gasteiger partial charge in [0.2, 0.25) is 0 Å². The summed E-state index contributed by atoms with van der Waals surface area (Å²) in [5, 5.41) is 12.4. The maximum Gasteiger partial charge on any atom is 0.311 e. The molecule has 1 saturated carbocycles. The maximum atomic E-state index is 12.3. The Bertz CT molecular complexity index is 532. The Morgan fingerprint density at radius 2 is 2.15 bits per heavy atom. The first-order chi connectivity index (χ1) is 9.43. The molecule has 0 aliphatic heterocycles. The number of halogens is 1. The Kier molecular flexibility index (Phi) is 4.67. The third kappa shape index (κ3) is 3.13. The Hall–Kier alpha value is -1.11. The molecule has 0 heterocycles. The first-order valence-corrected chi connectivity index (χ1v) is 7.81. The van der Waals surface area contributed by atoms with Gasteiger partial charge in [-0.15, -0.1) is 0 Å². The van der Waals surface area contributed by atoms with E-state index in [0.717, 1.165) is 22.8 Å². The van der Waals surface area contributed by atoms with Crippen LogP contribution in [0.3, 0.4) is 0 Å². The molecule has 0 aromatic heterocycles. The minimum atomic E-state index is -0.865. The van der Waals surface area contributed by atoms with Gasteiger partial charge in [-0.3, -0.25) is 9.59 Å². The summed E-state index contributed by atoms with van der Waals surface area (Å²) in [6.45, 7) is 1.73. The lowest BCUT2D eigenvalue weighted by Crippen LogP contribution is -2.52. The Morgan fingerprint density at radius 1 is 1.40 bits per heavy atom. The van der Waals surface area contributed by atoms with Crippen LogP contribution in [0.2, 0.25) is 0 Å². The second kappa shape index (κ2) is 6.11. The molecule has 2 N–H and O–H groups in total. The average molecular weight is 387 g/mol. The van der Waals surface area contributed by atoms with Crippen LogP contribution in [0.15, 0.2) is 24.3 Å². The Labute approximate surface area is 132 Å². The van der Waals surface area contributed by atoms with E-state index in [4.69, 9.17) is 0 Å². The highest BCUT2D eigenvalue weighted by Crippen LogP contribution is 2.36. The van der Waals surface area contributed by atoms with E-state index >= 15 is 0 Å². The van der Waals surface area contributed by atoms with Gasteiger partial charge in [-0.1, -0.05) is 18.9 Å². The van der Waals surface area contributed by atoms with Crippen LogP contribution in [0.5, 0.6) is 0 Å². The molecule has 0 bridgehead atoms. The van der Waals surface area contributed by atoms with Gasteiger partial charge >= 0.3 is 5.97 Å². The van der Waals surface area contributed by atoms with E-state index in [9.17, 15) is 14.7 Å². The predicted octanol–water partition coefficient (Wildman–Crippen LogP) is 3.05. The SMILES string of the molecule is CC1(C(=O)O)CCCCC1NC(=O)c1cccc(I)c1. The molecule has 2 rings (SSSR count). The minimum Gasteiger partial charge on any atom is -0.481 e. The molecule has 2 atom stereocenters. The van der Waals surface area contributed by atoms with Crippen molar-refractivity contribution in [3.8, 4) is 0 Å². The van der Waals surface area contributed by atoms with Crippen molar-refractivity contribution < 1.29 is 14.7 Å². The molecule has 2 unspecified atom stereocenters. The van der Waals surface area contributed by atoms with Gasteiger partial charge in [-0.2, -0.15) is 0 Å². The van der Waals surface area contributed by atoms with Gasteiger partial charge in [0.1, 0.15) is 0 Å². The third-order valence-corrected chi connectivity index (χ3v) is 4.76. The zero-order valence-electron chi connectivity index (χ0n) is 11.4. The number of amides is 1. The van der Waals surface area contributed by atoms with E-state index < -0.39 is 11.4 Å². The first-order valence-electron chi connectivity index (χ1n) is 6.73. The van der Waals surface area contributed by atoms with Crippen LogP contribution in [-0.4, -0.2) is 23.0 Å². The standard InChI is InChI=1S/C15H18INO3/c1-15(14(19)20)8-3-2-7-12(15)17-13(18)10-5-4-6-11(16)9-10/h4-6,9,12H,2-3,7-8H2,1H3,(H,17,18)(H,19,20). The quantitative estimate of drug-likeness (QED) is 0.784. The fourth-order valence-corrected chi connectivity index (χ4v) is 3.24. The van der Waals surface area contributed by atoms with E-state index in [1.807, 2.05) is 12.1 Å². The van der Waals surface area contributed by atoms with Gasteiger partial charge in [0.05, 0.1) is 5.41 Å². The molecule has 1 aromatic carbocycles. The monoisotopic (exact) mass is 387 g/mol. The highest BCUT2D eigenvalue weighted by molar-refractivity contribution is 14.1. The number of rotatable bonds is 3. The number of benzene rings is 1. The summed E-state index contributed by atoms with van der Waals surface area (Å²) in [7, 11) is 0. The number of aliphatic carboxylic acids is 1. The summed E-state index contributed by atoms with van der Waals surface area (Å²) in [5.41, 5.74) is -0.286. The molecule has 4 nitrogen and oxygen atoms in total. The number of carboxylic acids is 1. The van der Waals surface area contributed by atoms with Gasteiger partial charge in [0, 0.05) is 15.2 Å². The lowest BCUT2D eigenvalue weighted by atomic mass is 9.71. The number of nitrogens with one attached hydrogen (secondary N) is 1. The van der Waals surface area contributed by atoms with E-state index in [-0.39, 0.29) is 11.9 Å². The molecule has 1 amide bonds. The van der Waals surface area contributed by atoms with Crippen LogP contribution in [0.1, 0.15) is 43.0 Å². The van der Waals surface area contributed by atoms with Crippen molar-refractivity contribution in [3.63, 3.8) is 0 Å². The van der Waals surface area contributed by atoms with Crippen LogP contribution in [0.25, 0.3) is 0 Å². The molecule has 1 aliphatic rings. The van der Waals surface area contributed by atoms with Crippen molar-refractivity contribution in [2.24, 2.45) is 5.41 Å². The molecule has 1 aromatic rings. The van der Waals surface area contributed by atoms with E-state index in [1.165, 1.54) is 0 Å². The molecular formula is C15H18INO3. The molecule has 108 valence electrons. The van der Waals surface area contributed by atoms with Crippen LogP contribution in [0, 0.1) is 8.99 Å². The lowest BCUT2D eigenvalue weighted by molar-refractivity contribution is -0.151.